The highest BCUT2D eigenvalue weighted by atomic mass is 79.9. The van der Waals surface area contributed by atoms with E-state index in [2.05, 4.69) is 31.7 Å². The number of halogens is 1. The van der Waals surface area contributed by atoms with Crippen LogP contribution in [0.15, 0.2) is 16.7 Å². The predicted octanol–water partition coefficient (Wildman–Crippen LogP) is 1.29. The van der Waals surface area contributed by atoms with Crippen LogP contribution in [0.4, 0.5) is 5.82 Å². The molecule has 0 unspecified atom stereocenters. The van der Waals surface area contributed by atoms with Gasteiger partial charge in [-0.25, -0.2) is 10.8 Å². The van der Waals surface area contributed by atoms with Crippen LogP contribution in [0, 0.1) is 0 Å². The van der Waals surface area contributed by atoms with Gasteiger partial charge in [0.05, 0.1) is 5.56 Å². The average molecular weight is 317 g/mol. The van der Waals surface area contributed by atoms with E-state index in [-0.39, 0.29) is 5.91 Å². The van der Waals surface area contributed by atoms with Crippen LogP contribution in [0.3, 0.4) is 0 Å². The lowest BCUT2D eigenvalue weighted by Crippen LogP contribution is -2.27. The van der Waals surface area contributed by atoms with Crippen molar-refractivity contribution < 1.29 is 9.53 Å². The molecule has 0 aliphatic rings. The summed E-state index contributed by atoms with van der Waals surface area (Å²) in [4.78, 5) is 15.9. The zero-order valence-electron chi connectivity index (χ0n) is 10.2. The molecule has 0 saturated carbocycles. The molecule has 0 spiro atoms. The summed E-state index contributed by atoms with van der Waals surface area (Å²) in [7, 11) is 0. The largest absolute Gasteiger partial charge is 0.382 e. The van der Waals surface area contributed by atoms with E-state index >= 15 is 0 Å². The summed E-state index contributed by atoms with van der Waals surface area (Å²) in [6.07, 6.45) is 2.34. The van der Waals surface area contributed by atoms with Crippen molar-refractivity contribution in [3.8, 4) is 0 Å². The van der Waals surface area contributed by atoms with Crippen LogP contribution >= 0.6 is 15.9 Å². The predicted molar refractivity (Wildman–Crippen MR) is 73.2 cm³/mol. The molecule has 0 saturated heterocycles. The number of amides is 1. The van der Waals surface area contributed by atoms with E-state index in [1.807, 2.05) is 6.92 Å². The van der Waals surface area contributed by atoms with Crippen LogP contribution in [-0.2, 0) is 4.74 Å². The molecular formula is C11H17BrN4O2. The first kappa shape index (κ1) is 14.9. The summed E-state index contributed by atoms with van der Waals surface area (Å²) >= 11 is 3.27. The fourth-order valence-corrected chi connectivity index (χ4v) is 1.67. The van der Waals surface area contributed by atoms with Crippen LogP contribution in [0.2, 0.25) is 0 Å². The first-order valence-corrected chi connectivity index (χ1v) is 6.46. The normalized spacial score (nSPS) is 10.2. The van der Waals surface area contributed by atoms with Gasteiger partial charge in [-0.1, -0.05) is 0 Å². The van der Waals surface area contributed by atoms with E-state index in [0.717, 1.165) is 10.9 Å². The van der Waals surface area contributed by atoms with E-state index in [0.29, 0.717) is 31.1 Å². The quantitative estimate of drug-likeness (QED) is 0.400. The molecule has 4 N–H and O–H groups in total. The van der Waals surface area contributed by atoms with Gasteiger partial charge < -0.3 is 15.5 Å². The summed E-state index contributed by atoms with van der Waals surface area (Å²) in [5, 5.41) is 2.78. The maximum Gasteiger partial charge on any atom is 0.255 e. The molecule has 0 bridgehead atoms. The van der Waals surface area contributed by atoms with Gasteiger partial charge in [-0.15, -0.1) is 0 Å². The molecule has 1 heterocycles. The molecule has 0 aromatic carbocycles. The fraction of sp³-hybridized carbons (Fsp3) is 0.455. The number of hydrazine groups is 1. The van der Waals surface area contributed by atoms with E-state index in [9.17, 15) is 4.79 Å². The van der Waals surface area contributed by atoms with Gasteiger partial charge in [0.2, 0.25) is 0 Å². The zero-order chi connectivity index (χ0) is 13.4. The molecule has 0 aliphatic heterocycles. The number of nitrogens with zero attached hydrogens (tertiary/aromatic N) is 1. The fourth-order valence-electron chi connectivity index (χ4n) is 1.34. The number of aromatic nitrogens is 1. The minimum Gasteiger partial charge on any atom is -0.382 e. The molecule has 6 nitrogen and oxygen atoms in total. The molecule has 1 rings (SSSR count). The van der Waals surface area contributed by atoms with Gasteiger partial charge in [-0.2, -0.15) is 0 Å². The zero-order valence-corrected chi connectivity index (χ0v) is 11.8. The lowest BCUT2D eigenvalue weighted by atomic mass is 10.2. The molecule has 100 valence electrons. The second kappa shape index (κ2) is 8.02. The van der Waals surface area contributed by atoms with Gasteiger partial charge in [0.15, 0.2) is 5.82 Å². The smallest absolute Gasteiger partial charge is 0.255 e. The first-order chi connectivity index (χ1) is 8.69. The van der Waals surface area contributed by atoms with E-state index in [1.165, 1.54) is 0 Å². The average Bonchev–Trinajstić information content (AvgIpc) is 2.38. The van der Waals surface area contributed by atoms with Gasteiger partial charge >= 0.3 is 0 Å². The Morgan fingerprint density at radius 3 is 3.06 bits per heavy atom. The number of nitrogens with two attached hydrogens (primary N) is 1. The SMILES string of the molecule is CCOCCCNC(=O)c1cc(Br)cnc1NN. The Hall–Kier alpha value is -1.18. The van der Waals surface area contributed by atoms with Crippen molar-refractivity contribution in [2.75, 3.05) is 25.2 Å². The number of nitrogens with one attached hydrogen (secondary N) is 2. The molecule has 7 heteroatoms. The van der Waals surface area contributed by atoms with Crippen molar-refractivity contribution in [3.05, 3.63) is 22.3 Å². The number of anilines is 1. The second-order valence-corrected chi connectivity index (χ2v) is 4.42. The highest BCUT2D eigenvalue weighted by Crippen LogP contribution is 2.16. The molecule has 18 heavy (non-hydrogen) atoms. The number of pyridine rings is 1. The van der Waals surface area contributed by atoms with E-state index in [1.54, 1.807) is 12.3 Å². The molecular weight excluding hydrogens is 300 g/mol. The van der Waals surface area contributed by atoms with Crippen molar-refractivity contribution in [3.63, 3.8) is 0 Å². The maximum absolute atomic E-state index is 11.9. The first-order valence-electron chi connectivity index (χ1n) is 5.67. The van der Waals surface area contributed by atoms with Gasteiger partial charge in [0.25, 0.3) is 5.91 Å². The van der Waals surface area contributed by atoms with Crippen molar-refractivity contribution in [1.29, 1.82) is 0 Å². The molecule has 0 fully saturated rings. The number of carbonyl (C=O) groups excluding carboxylic acids is 1. The highest BCUT2D eigenvalue weighted by molar-refractivity contribution is 9.10. The minimum atomic E-state index is -0.215. The van der Waals surface area contributed by atoms with Crippen LogP contribution in [0.25, 0.3) is 0 Å². The lowest BCUT2D eigenvalue weighted by Gasteiger charge is -2.09. The Balaban J connectivity index is 2.52. The second-order valence-electron chi connectivity index (χ2n) is 3.50. The third kappa shape index (κ3) is 4.59. The summed E-state index contributed by atoms with van der Waals surface area (Å²) in [6.45, 7) is 3.81. The molecule has 1 amide bonds. The van der Waals surface area contributed by atoms with Gasteiger partial charge in [-0.3, -0.25) is 4.79 Å². The molecule has 1 aromatic heterocycles. The molecule has 0 radical (unpaired) electrons. The van der Waals surface area contributed by atoms with Crippen LogP contribution in [0.5, 0.6) is 0 Å². The Labute approximate surface area is 114 Å². The number of nitrogen functional groups attached to an aromatic ring is 1. The van der Waals surface area contributed by atoms with E-state index in [4.69, 9.17) is 10.6 Å². The van der Waals surface area contributed by atoms with Crippen LogP contribution < -0.4 is 16.6 Å². The Morgan fingerprint density at radius 1 is 1.61 bits per heavy atom. The lowest BCUT2D eigenvalue weighted by molar-refractivity contribution is 0.0944. The number of hydrogen-bond donors (Lipinski definition) is 3. The molecule has 1 aromatic rings. The van der Waals surface area contributed by atoms with Crippen molar-refractivity contribution >= 4 is 27.7 Å². The molecule has 0 aliphatic carbocycles. The number of rotatable bonds is 7. The van der Waals surface area contributed by atoms with Crippen LogP contribution in [0.1, 0.15) is 23.7 Å². The number of carbonyl (C=O) groups is 1. The Morgan fingerprint density at radius 2 is 2.39 bits per heavy atom. The summed E-state index contributed by atoms with van der Waals surface area (Å²) in [5.74, 6) is 5.44. The van der Waals surface area contributed by atoms with Crippen molar-refractivity contribution in [2.45, 2.75) is 13.3 Å². The van der Waals surface area contributed by atoms with Crippen molar-refractivity contribution in [2.24, 2.45) is 5.84 Å². The third-order valence-electron chi connectivity index (χ3n) is 2.19. The standard InChI is InChI=1S/C11H17BrN4O2/c1-2-18-5-3-4-14-11(17)9-6-8(12)7-15-10(9)16-13/h6-7H,2-5,13H2,1H3,(H,14,17)(H,15,16). The number of hydrogen-bond acceptors (Lipinski definition) is 5. The summed E-state index contributed by atoms with van der Waals surface area (Å²) in [6, 6.07) is 1.67. The van der Waals surface area contributed by atoms with Crippen LogP contribution in [-0.4, -0.2) is 30.6 Å². The summed E-state index contributed by atoms with van der Waals surface area (Å²) < 4.78 is 5.90. The van der Waals surface area contributed by atoms with Gasteiger partial charge in [-0.05, 0) is 35.3 Å². The van der Waals surface area contributed by atoms with E-state index < -0.39 is 0 Å². The minimum absolute atomic E-state index is 0.215. The maximum atomic E-state index is 11.9. The number of ether oxygens (including phenoxy) is 1. The highest BCUT2D eigenvalue weighted by Gasteiger charge is 2.12. The monoisotopic (exact) mass is 316 g/mol. The Bertz CT molecular complexity index is 401. The topological polar surface area (TPSA) is 89.3 Å². The summed E-state index contributed by atoms with van der Waals surface area (Å²) in [5.41, 5.74) is 2.80. The third-order valence-corrected chi connectivity index (χ3v) is 2.62. The van der Waals surface area contributed by atoms with Gasteiger partial charge in [0, 0.05) is 30.4 Å². The van der Waals surface area contributed by atoms with Crippen molar-refractivity contribution in [1.82, 2.24) is 10.3 Å². The van der Waals surface area contributed by atoms with Gasteiger partial charge in [0.1, 0.15) is 0 Å². The Kier molecular flexibility index (Phi) is 6.63. The molecule has 0 atom stereocenters.